The average molecular weight is 309 g/mol. The van der Waals surface area contributed by atoms with Crippen LogP contribution in [0.5, 0.6) is 5.75 Å². The van der Waals surface area contributed by atoms with Crippen LogP contribution in [0.4, 0.5) is 8.78 Å². The third kappa shape index (κ3) is 4.24. The van der Waals surface area contributed by atoms with E-state index in [9.17, 15) is 13.3 Å². The maximum Gasteiger partial charge on any atom is 0.387 e. The van der Waals surface area contributed by atoms with Gasteiger partial charge in [-0.05, 0) is 19.9 Å². The van der Waals surface area contributed by atoms with E-state index in [-0.39, 0.29) is 24.5 Å². The molecular formula is C12H18F2NO4P. The molecule has 0 aliphatic rings. The summed E-state index contributed by atoms with van der Waals surface area (Å²) in [5.41, 5.74) is 6.04. The lowest BCUT2D eigenvalue weighted by molar-refractivity contribution is -0.0505. The van der Waals surface area contributed by atoms with Crippen molar-refractivity contribution in [3.05, 3.63) is 29.8 Å². The fourth-order valence-electron chi connectivity index (χ4n) is 1.66. The number of nitrogens with two attached hydrogens (primary N) is 1. The van der Waals surface area contributed by atoms with Gasteiger partial charge in [0.25, 0.3) is 0 Å². The topological polar surface area (TPSA) is 70.8 Å². The second kappa shape index (κ2) is 7.69. The average Bonchev–Trinajstić information content (AvgIpc) is 2.38. The number of rotatable bonds is 8. The Morgan fingerprint density at radius 2 is 1.75 bits per heavy atom. The Bertz CT molecular complexity index is 463. The molecule has 0 saturated carbocycles. The predicted molar refractivity (Wildman–Crippen MR) is 70.9 cm³/mol. The highest BCUT2D eigenvalue weighted by atomic mass is 31.2. The van der Waals surface area contributed by atoms with Gasteiger partial charge >= 0.3 is 14.2 Å². The molecule has 0 spiro atoms. The minimum atomic E-state index is -3.65. The van der Waals surface area contributed by atoms with E-state index >= 15 is 0 Å². The number of ether oxygens (including phenoxy) is 1. The Balaban J connectivity index is 3.11. The molecule has 0 saturated heterocycles. The van der Waals surface area contributed by atoms with Crippen LogP contribution in [0.2, 0.25) is 0 Å². The van der Waals surface area contributed by atoms with E-state index < -0.39 is 20.0 Å². The van der Waals surface area contributed by atoms with Gasteiger partial charge in [0.05, 0.1) is 13.2 Å². The van der Waals surface area contributed by atoms with Crippen LogP contribution in [0, 0.1) is 0 Å². The molecule has 0 aliphatic carbocycles. The summed E-state index contributed by atoms with van der Waals surface area (Å²) in [6.07, 6.45) is 0. The molecule has 0 radical (unpaired) electrons. The summed E-state index contributed by atoms with van der Waals surface area (Å²) < 4.78 is 51.9. The van der Waals surface area contributed by atoms with E-state index in [0.717, 1.165) is 0 Å². The van der Waals surface area contributed by atoms with E-state index in [4.69, 9.17) is 14.8 Å². The molecule has 1 atom stereocenters. The Morgan fingerprint density at radius 1 is 1.20 bits per heavy atom. The predicted octanol–water partition coefficient (Wildman–Crippen LogP) is 3.51. The van der Waals surface area contributed by atoms with Gasteiger partial charge in [0.15, 0.2) is 0 Å². The molecule has 1 rings (SSSR count). The molecule has 0 aromatic heterocycles. The second-order valence-corrected chi connectivity index (χ2v) is 5.89. The SMILES string of the molecule is CCOP(=O)(OCC)[C@@H](N)c1ccccc1OC(F)F. The molecule has 114 valence electrons. The fourth-order valence-corrected chi connectivity index (χ4v) is 3.33. The van der Waals surface area contributed by atoms with Gasteiger partial charge in [-0.3, -0.25) is 4.57 Å². The van der Waals surface area contributed by atoms with Crippen LogP contribution in [0.3, 0.4) is 0 Å². The number of hydrogen-bond acceptors (Lipinski definition) is 5. The molecule has 1 aromatic carbocycles. The van der Waals surface area contributed by atoms with Crippen molar-refractivity contribution in [3.8, 4) is 5.75 Å². The van der Waals surface area contributed by atoms with E-state index in [1.54, 1.807) is 19.9 Å². The highest BCUT2D eigenvalue weighted by Gasteiger charge is 2.35. The van der Waals surface area contributed by atoms with Crippen molar-refractivity contribution < 1.29 is 27.1 Å². The largest absolute Gasteiger partial charge is 0.434 e. The Labute approximate surface area is 116 Å². The number of halogens is 2. The molecule has 0 unspecified atom stereocenters. The van der Waals surface area contributed by atoms with E-state index in [1.807, 2.05) is 0 Å². The Kier molecular flexibility index (Phi) is 6.55. The van der Waals surface area contributed by atoms with Crippen molar-refractivity contribution in [1.82, 2.24) is 0 Å². The first-order valence-corrected chi connectivity index (χ1v) is 7.73. The lowest BCUT2D eigenvalue weighted by Gasteiger charge is -2.24. The zero-order chi connectivity index (χ0) is 15.2. The minimum absolute atomic E-state index is 0.128. The van der Waals surface area contributed by atoms with Crippen molar-refractivity contribution in [2.45, 2.75) is 26.2 Å². The van der Waals surface area contributed by atoms with E-state index in [0.29, 0.717) is 0 Å². The van der Waals surface area contributed by atoms with Gasteiger partial charge in [0, 0.05) is 5.56 Å². The summed E-state index contributed by atoms with van der Waals surface area (Å²) in [5.74, 6) is -1.34. The van der Waals surface area contributed by atoms with E-state index in [2.05, 4.69) is 4.74 Å². The molecule has 8 heteroatoms. The van der Waals surface area contributed by atoms with Crippen molar-refractivity contribution in [3.63, 3.8) is 0 Å². The van der Waals surface area contributed by atoms with Gasteiger partial charge in [-0.2, -0.15) is 8.78 Å². The molecule has 5 nitrogen and oxygen atoms in total. The third-order valence-corrected chi connectivity index (χ3v) is 4.61. The molecular weight excluding hydrogens is 291 g/mol. The maximum atomic E-state index is 12.5. The summed E-state index contributed by atoms with van der Waals surface area (Å²) in [7, 11) is -3.65. The summed E-state index contributed by atoms with van der Waals surface area (Å²) >= 11 is 0. The number of para-hydroxylation sites is 1. The number of hydrogen-bond donors (Lipinski definition) is 1. The highest BCUT2D eigenvalue weighted by molar-refractivity contribution is 7.54. The van der Waals surface area contributed by atoms with Gasteiger partial charge in [-0.1, -0.05) is 18.2 Å². The first-order valence-electron chi connectivity index (χ1n) is 6.12. The summed E-state index contributed by atoms with van der Waals surface area (Å²) in [6.45, 7) is 0.535. The zero-order valence-electron chi connectivity index (χ0n) is 11.3. The first kappa shape index (κ1) is 17.0. The monoisotopic (exact) mass is 309 g/mol. The Morgan fingerprint density at radius 3 is 2.25 bits per heavy atom. The Hall–Kier alpha value is -1.01. The summed E-state index contributed by atoms with van der Waals surface area (Å²) in [5, 5.41) is 0. The summed E-state index contributed by atoms with van der Waals surface area (Å²) in [4.78, 5) is 0. The summed E-state index contributed by atoms with van der Waals surface area (Å²) in [6, 6.07) is 5.87. The van der Waals surface area contributed by atoms with Crippen molar-refractivity contribution in [1.29, 1.82) is 0 Å². The quantitative estimate of drug-likeness (QED) is 0.744. The van der Waals surface area contributed by atoms with E-state index in [1.165, 1.54) is 18.2 Å². The van der Waals surface area contributed by atoms with Crippen LogP contribution in [0.1, 0.15) is 25.2 Å². The van der Waals surface area contributed by atoms with Crippen LogP contribution < -0.4 is 10.5 Å². The lowest BCUT2D eigenvalue weighted by atomic mass is 10.2. The second-order valence-electron chi connectivity index (χ2n) is 3.74. The van der Waals surface area contributed by atoms with Crippen LogP contribution in [0.25, 0.3) is 0 Å². The van der Waals surface area contributed by atoms with Gasteiger partial charge < -0.3 is 19.5 Å². The lowest BCUT2D eigenvalue weighted by Crippen LogP contribution is -2.17. The van der Waals surface area contributed by atoms with Crippen LogP contribution in [-0.4, -0.2) is 19.8 Å². The van der Waals surface area contributed by atoms with Crippen molar-refractivity contribution in [2.75, 3.05) is 13.2 Å². The maximum absolute atomic E-state index is 12.5. The number of benzene rings is 1. The fraction of sp³-hybridized carbons (Fsp3) is 0.500. The smallest absolute Gasteiger partial charge is 0.387 e. The van der Waals surface area contributed by atoms with Gasteiger partial charge in [-0.15, -0.1) is 0 Å². The van der Waals surface area contributed by atoms with Crippen LogP contribution in [0.15, 0.2) is 24.3 Å². The normalized spacial score (nSPS) is 13.5. The number of alkyl halides is 2. The van der Waals surface area contributed by atoms with Crippen LogP contribution in [-0.2, 0) is 13.6 Å². The molecule has 0 heterocycles. The molecule has 0 amide bonds. The highest BCUT2D eigenvalue weighted by Crippen LogP contribution is 2.59. The molecule has 2 N–H and O–H groups in total. The van der Waals surface area contributed by atoms with Gasteiger partial charge in [-0.25, -0.2) is 0 Å². The van der Waals surface area contributed by atoms with Crippen molar-refractivity contribution in [2.24, 2.45) is 5.73 Å². The molecule has 20 heavy (non-hydrogen) atoms. The minimum Gasteiger partial charge on any atom is -0.434 e. The third-order valence-electron chi connectivity index (χ3n) is 2.41. The first-order chi connectivity index (χ1) is 9.44. The van der Waals surface area contributed by atoms with Gasteiger partial charge in [0.2, 0.25) is 0 Å². The van der Waals surface area contributed by atoms with Crippen molar-refractivity contribution >= 4 is 7.60 Å². The molecule has 1 aromatic rings. The molecule has 0 aliphatic heterocycles. The zero-order valence-corrected chi connectivity index (χ0v) is 12.2. The van der Waals surface area contributed by atoms with Gasteiger partial charge in [0.1, 0.15) is 11.5 Å². The molecule has 0 bridgehead atoms. The molecule has 0 fully saturated rings. The standard InChI is InChI=1S/C12H18F2NO4P/c1-3-17-20(16,18-4-2)11(15)9-7-5-6-8-10(9)19-12(13)14/h5-8,11-12H,3-4,15H2,1-2H3/t11-/m1/s1. The van der Waals surface area contributed by atoms with Crippen LogP contribution >= 0.6 is 7.60 Å².